The van der Waals surface area contributed by atoms with Gasteiger partial charge in [0.15, 0.2) is 16.3 Å². The molecule has 35 heavy (non-hydrogen) atoms. The smallest absolute Gasteiger partial charge is 0.338 e. The van der Waals surface area contributed by atoms with E-state index in [4.69, 9.17) is 18.9 Å². The predicted molar refractivity (Wildman–Crippen MR) is 131 cm³/mol. The number of allylic oxidation sites excluding steroid dienone is 1. The average molecular weight is 493 g/mol. The third-order valence-electron chi connectivity index (χ3n) is 6.00. The Morgan fingerprint density at radius 2 is 1.91 bits per heavy atom. The van der Waals surface area contributed by atoms with Crippen LogP contribution in [-0.2, 0) is 9.53 Å². The SMILES string of the molecule is CCOC(=O)C1=C(C)N=c2s/c(=C/c3cc4c(cc3C)OCO4)c(=O)n2[C@@H]1c1ccc(OC)cc1. The van der Waals surface area contributed by atoms with Crippen molar-refractivity contribution < 1.29 is 23.7 Å². The Morgan fingerprint density at radius 3 is 2.60 bits per heavy atom. The van der Waals surface area contributed by atoms with Gasteiger partial charge in [-0.3, -0.25) is 9.36 Å². The third-order valence-corrected chi connectivity index (χ3v) is 6.98. The van der Waals surface area contributed by atoms with Crippen LogP contribution in [0.2, 0.25) is 0 Å². The Labute approximate surface area is 205 Å². The van der Waals surface area contributed by atoms with E-state index in [0.717, 1.165) is 16.7 Å². The minimum absolute atomic E-state index is 0.179. The summed E-state index contributed by atoms with van der Waals surface area (Å²) in [5.41, 5.74) is 3.19. The zero-order valence-corrected chi connectivity index (χ0v) is 20.6. The van der Waals surface area contributed by atoms with Crippen LogP contribution in [0.4, 0.5) is 0 Å². The predicted octanol–water partition coefficient (Wildman–Crippen LogP) is 2.84. The fraction of sp³-hybridized carbons (Fsp3) is 0.269. The van der Waals surface area contributed by atoms with Gasteiger partial charge in [0.05, 0.1) is 35.6 Å². The number of esters is 1. The summed E-state index contributed by atoms with van der Waals surface area (Å²) < 4.78 is 23.6. The summed E-state index contributed by atoms with van der Waals surface area (Å²) in [6.45, 7) is 5.87. The van der Waals surface area contributed by atoms with Crippen LogP contribution in [0.25, 0.3) is 6.08 Å². The second-order valence-corrected chi connectivity index (χ2v) is 9.15. The number of benzene rings is 2. The van der Waals surface area contributed by atoms with Gasteiger partial charge in [-0.2, -0.15) is 0 Å². The van der Waals surface area contributed by atoms with E-state index in [-0.39, 0.29) is 19.0 Å². The Balaban J connectivity index is 1.70. The first-order valence-corrected chi connectivity index (χ1v) is 12.0. The van der Waals surface area contributed by atoms with E-state index in [0.29, 0.717) is 37.9 Å². The number of carbonyl (C=O) groups is 1. The summed E-state index contributed by atoms with van der Waals surface area (Å²) in [6.07, 6.45) is 1.83. The van der Waals surface area contributed by atoms with Crippen LogP contribution in [0, 0.1) is 6.92 Å². The van der Waals surface area contributed by atoms with Crippen LogP contribution in [-0.4, -0.2) is 31.0 Å². The summed E-state index contributed by atoms with van der Waals surface area (Å²) in [7, 11) is 1.59. The molecule has 0 saturated heterocycles. The Morgan fingerprint density at radius 1 is 1.20 bits per heavy atom. The van der Waals surface area contributed by atoms with E-state index in [1.807, 2.05) is 37.3 Å². The number of rotatable bonds is 5. The van der Waals surface area contributed by atoms with Gasteiger partial charge in [0.2, 0.25) is 6.79 Å². The number of hydrogen-bond acceptors (Lipinski definition) is 8. The second-order valence-electron chi connectivity index (χ2n) is 8.14. The Bertz CT molecular complexity index is 1530. The molecule has 0 unspecified atom stereocenters. The number of carbonyl (C=O) groups excluding carboxylic acids is 1. The summed E-state index contributed by atoms with van der Waals surface area (Å²) in [5.74, 6) is 1.52. The first-order valence-electron chi connectivity index (χ1n) is 11.1. The largest absolute Gasteiger partial charge is 0.497 e. The van der Waals surface area contributed by atoms with Gasteiger partial charge >= 0.3 is 5.97 Å². The maximum Gasteiger partial charge on any atom is 0.338 e. The Hall–Kier alpha value is -3.85. The molecule has 0 saturated carbocycles. The molecule has 2 aliphatic rings. The van der Waals surface area contributed by atoms with Crippen LogP contribution in [0.5, 0.6) is 17.2 Å². The first kappa shape index (κ1) is 22.9. The monoisotopic (exact) mass is 492 g/mol. The summed E-state index contributed by atoms with van der Waals surface area (Å²) in [5, 5.41) is 0. The lowest BCUT2D eigenvalue weighted by atomic mass is 9.96. The molecule has 8 nitrogen and oxygen atoms in total. The third kappa shape index (κ3) is 4.01. The summed E-state index contributed by atoms with van der Waals surface area (Å²) in [4.78, 5) is 31.8. The van der Waals surface area contributed by atoms with Gasteiger partial charge < -0.3 is 18.9 Å². The van der Waals surface area contributed by atoms with Crippen molar-refractivity contribution >= 4 is 23.4 Å². The molecule has 3 heterocycles. The minimum Gasteiger partial charge on any atom is -0.497 e. The first-order chi connectivity index (χ1) is 16.9. The van der Waals surface area contributed by atoms with E-state index in [2.05, 4.69) is 4.99 Å². The molecular weight excluding hydrogens is 468 g/mol. The van der Waals surface area contributed by atoms with Crippen LogP contribution >= 0.6 is 11.3 Å². The van der Waals surface area contributed by atoms with E-state index in [1.54, 1.807) is 37.7 Å². The summed E-state index contributed by atoms with van der Waals surface area (Å²) >= 11 is 1.28. The van der Waals surface area contributed by atoms with Gasteiger partial charge in [-0.05, 0) is 67.8 Å². The number of nitrogens with zero attached hydrogens (tertiary/aromatic N) is 2. The molecule has 9 heteroatoms. The van der Waals surface area contributed by atoms with Crippen LogP contribution < -0.4 is 29.1 Å². The molecule has 180 valence electrons. The van der Waals surface area contributed by atoms with E-state index < -0.39 is 12.0 Å². The lowest BCUT2D eigenvalue weighted by Crippen LogP contribution is -2.39. The molecule has 0 radical (unpaired) electrons. The molecule has 3 aromatic rings. The highest BCUT2D eigenvalue weighted by molar-refractivity contribution is 7.07. The van der Waals surface area contributed by atoms with E-state index in [9.17, 15) is 9.59 Å². The number of aryl methyl sites for hydroxylation is 1. The van der Waals surface area contributed by atoms with Crippen molar-refractivity contribution in [1.82, 2.24) is 4.57 Å². The van der Waals surface area contributed by atoms with Gasteiger partial charge in [0, 0.05) is 0 Å². The molecule has 1 aromatic heterocycles. The highest BCUT2D eigenvalue weighted by Crippen LogP contribution is 2.35. The van der Waals surface area contributed by atoms with Crippen molar-refractivity contribution in [2.24, 2.45) is 4.99 Å². The van der Waals surface area contributed by atoms with Gasteiger partial charge in [-0.1, -0.05) is 23.5 Å². The molecule has 0 N–H and O–H groups in total. The van der Waals surface area contributed by atoms with Crippen molar-refractivity contribution in [2.45, 2.75) is 26.8 Å². The quantitative estimate of drug-likeness (QED) is 0.509. The number of thiazole rings is 1. The highest BCUT2D eigenvalue weighted by atomic mass is 32.1. The molecule has 0 bridgehead atoms. The molecule has 0 spiro atoms. The van der Waals surface area contributed by atoms with Crippen LogP contribution in [0.3, 0.4) is 0 Å². The van der Waals surface area contributed by atoms with Gasteiger partial charge in [-0.15, -0.1) is 0 Å². The normalized spacial score (nSPS) is 16.7. The number of methoxy groups -OCH3 is 1. The zero-order valence-electron chi connectivity index (χ0n) is 19.8. The fourth-order valence-corrected chi connectivity index (χ4v) is 5.29. The standard InChI is InChI=1S/C26H24N2O6S/c1-5-32-25(30)22-15(3)27-26-28(23(22)16-6-8-18(31-4)9-7-16)24(29)21(35-26)12-17-11-20-19(10-14(17)2)33-13-34-20/h6-12,23H,5,13H2,1-4H3/b21-12+/t23-/m1/s1. The van der Waals surface area contributed by atoms with Gasteiger partial charge in [-0.25, -0.2) is 9.79 Å². The van der Waals surface area contributed by atoms with Crippen molar-refractivity contribution in [3.05, 3.63) is 84.0 Å². The molecule has 2 aliphatic heterocycles. The van der Waals surface area contributed by atoms with Crippen molar-refractivity contribution in [3.63, 3.8) is 0 Å². The maximum absolute atomic E-state index is 13.7. The molecule has 0 aliphatic carbocycles. The minimum atomic E-state index is -0.670. The molecule has 1 atom stereocenters. The topological polar surface area (TPSA) is 88.4 Å². The number of aromatic nitrogens is 1. The van der Waals surface area contributed by atoms with E-state index >= 15 is 0 Å². The maximum atomic E-state index is 13.7. The molecule has 2 aromatic carbocycles. The number of ether oxygens (including phenoxy) is 4. The van der Waals surface area contributed by atoms with Gasteiger partial charge in [0.1, 0.15) is 5.75 Å². The van der Waals surface area contributed by atoms with Crippen molar-refractivity contribution in [2.75, 3.05) is 20.5 Å². The number of hydrogen-bond donors (Lipinski definition) is 0. The van der Waals surface area contributed by atoms with E-state index in [1.165, 1.54) is 11.3 Å². The molecular formula is C26H24N2O6S. The second kappa shape index (κ2) is 9.07. The van der Waals surface area contributed by atoms with Gasteiger partial charge in [0.25, 0.3) is 5.56 Å². The average Bonchev–Trinajstić information content (AvgIpc) is 3.42. The van der Waals surface area contributed by atoms with Crippen LogP contribution in [0.1, 0.15) is 36.6 Å². The molecule has 0 amide bonds. The molecule has 5 rings (SSSR count). The lowest BCUT2D eigenvalue weighted by Gasteiger charge is -2.24. The summed E-state index contributed by atoms with van der Waals surface area (Å²) in [6, 6.07) is 10.4. The molecule has 0 fully saturated rings. The van der Waals surface area contributed by atoms with Crippen molar-refractivity contribution in [3.8, 4) is 17.2 Å². The fourth-order valence-electron chi connectivity index (χ4n) is 4.25. The Kier molecular flexibility index (Phi) is 5.94. The number of fused-ring (bicyclic) bond motifs is 2. The zero-order chi connectivity index (χ0) is 24.7. The van der Waals surface area contributed by atoms with Crippen LogP contribution in [0.15, 0.2) is 57.5 Å². The lowest BCUT2D eigenvalue weighted by molar-refractivity contribution is -0.139. The highest BCUT2D eigenvalue weighted by Gasteiger charge is 2.33. The van der Waals surface area contributed by atoms with Crippen molar-refractivity contribution in [1.29, 1.82) is 0 Å².